The molecule has 1 saturated heterocycles. The number of benzene rings is 1. The van der Waals surface area contributed by atoms with Crippen molar-refractivity contribution in [3.05, 3.63) is 34.9 Å². The standard InChI is InChI=1S/C15H18ClNO2/c1-9(2)15(3)8-12(18)17-14(19)13(15)10-6-4-5-7-11(10)16/h4-7,9,13H,8H2,1-3H3,(H,17,18,19). The summed E-state index contributed by atoms with van der Waals surface area (Å²) in [6.07, 6.45) is 0.340. The molecule has 0 radical (unpaired) electrons. The summed E-state index contributed by atoms with van der Waals surface area (Å²) in [5, 5.41) is 3.00. The fourth-order valence-electron chi connectivity index (χ4n) is 2.74. The Labute approximate surface area is 118 Å². The van der Waals surface area contributed by atoms with Gasteiger partial charge in [-0.15, -0.1) is 0 Å². The van der Waals surface area contributed by atoms with Gasteiger partial charge < -0.3 is 0 Å². The minimum atomic E-state index is -0.412. The van der Waals surface area contributed by atoms with Gasteiger partial charge in [0.1, 0.15) is 0 Å². The molecule has 19 heavy (non-hydrogen) atoms. The van der Waals surface area contributed by atoms with E-state index in [1.165, 1.54) is 0 Å². The Bertz CT molecular complexity index is 527. The molecule has 1 aromatic carbocycles. The number of imide groups is 1. The number of carbonyl (C=O) groups is 2. The molecule has 1 heterocycles. The SMILES string of the molecule is CC(C)C1(C)CC(=O)NC(=O)C1c1ccccc1Cl. The zero-order valence-electron chi connectivity index (χ0n) is 11.4. The molecule has 3 nitrogen and oxygen atoms in total. The van der Waals surface area contributed by atoms with Gasteiger partial charge in [0, 0.05) is 11.4 Å². The molecule has 1 N–H and O–H groups in total. The highest BCUT2D eigenvalue weighted by Gasteiger charge is 2.48. The first-order valence-corrected chi connectivity index (χ1v) is 6.82. The van der Waals surface area contributed by atoms with Gasteiger partial charge >= 0.3 is 0 Å². The summed E-state index contributed by atoms with van der Waals surface area (Å²) in [6.45, 7) is 6.06. The second kappa shape index (κ2) is 4.97. The van der Waals surface area contributed by atoms with Gasteiger partial charge in [-0.1, -0.05) is 50.6 Å². The Kier molecular flexibility index (Phi) is 3.68. The molecule has 0 aromatic heterocycles. The predicted molar refractivity (Wildman–Crippen MR) is 74.9 cm³/mol. The Morgan fingerprint density at radius 2 is 1.95 bits per heavy atom. The smallest absolute Gasteiger partial charge is 0.234 e. The van der Waals surface area contributed by atoms with Crippen molar-refractivity contribution >= 4 is 23.4 Å². The van der Waals surface area contributed by atoms with Gasteiger partial charge in [0.05, 0.1) is 5.92 Å². The van der Waals surface area contributed by atoms with E-state index < -0.39 is 5.41 Å². The summed E-state index contributed by atoms with van der Waals surface area (Å²) >= 11 is 6.23. The van der Waals surface area contributed by atoms with Crippen molar-refractivity contribution in [2.45, 2.75) is 33.1 Å². The quantitative estimate of drug-likeness (QED) is 0.846. The third kappa shape index (κ3) is 2.39. The van der Waals surface area contributed by atoms with Crippen molar-refractivity contribution in [2.75, 3.05) is 0 Å². The van der Waals surface area contributed by atoms with Gasteiger partial charge in [0.25, 0.3) is 0 Å². The van der Waals surface area contributed by atoms with Crippen LogP contribution in [0.1, 0.15) is 38.7 Å². The third-order valence-corrected chi connectivity index (χ3v) is 4.61. The molecule has 1 fully saturated rings. The number of hydrogen-bond donors (Lipinski definition) is 1. The van der Waals surface area contributed by atoms with Gasteiger partial charge in [-0.2, -0.15) is 0 Å². The first kappa shape index (κ1) is 14.1. The maximum atomic E-state index is 12.3. The summed E-state index contributed by atoms with van der Waals surface area (Å²) in [7, 11) is 0. The number of carbonyl (C=O) groups excluding carboxylic acids is 2. The fraction of sp³-hybridized carbons (Fsp3) is 0.467. The molecule has 0 bridgehead atoms. The first-order chi connectivity index (χ1) is 8.86. The lowest BCUT2D eigenvalue weighted by Gasteiger charge is -2.43. The van der Waals surface area contributed by atoms with Crippen LogP contribution in [0.3, 0.4) is 0 Å². The average Bonchev–Trinajstić information content (AvgIpc) is 2.30. The van der Waals surface area contributed by atoms with Crippen LogP contribution in [0.15, 0.2) is 24.3 Å². The molecule has 102 valence electrons. The highest BCUT2D eigenvalue weighted by Crippen LogP contribution is 2.48. The third-order valence-electron chi connectivity index (χ3n) is 4.26. The molecule has 0 spiro atoms. The zero-order chi connectivity index (χ0) is 14.2. The minimum Gasteiger partial charge on any atom is -0.296 e. The van der Waals surface area contributed by atoms with Crippen LogP contribution < -0.4 is 5.32 Å². The molecule has 2 unspecified atom stereocenters. The van der Waals surface area contributed by atoms with E-state index in [-0.39, 0.29) is 23.7 Å². The van der Waals surface area contributed by atoms with Crippen molar-refractivity contribution in [2.24, 2.45) is 11.3 Å². The molecule has 1 aromatic rings. The average molecular weight is 280 g/mol. The van der Waals surface area contributed by atoms with Crippen molar-refractivity contribution in [3.63, 3.8) is 0 Å². The van der Waals surface area contributed by atoms with Crippen molar-refractivity contribution in [1.82, 2.24) is 5.32 Å². The molecule has 4 heteroatoms. The lowest BCUT2D eigenvalue weighted by atomic mass is 9.62. The number of amides is 2. The van der Waals surface area contributed by atoms with E-state index in [4.69, 9.17) is 11.6 Å². The molecule has 2 amide bonds. The van der Waals surface area contributed by atoms with Crippen molar-refractivity contribution in [3.8, 4) is 0 Å². The number of halogens is 1. The van der Waals surface area contributed by atoms with Gasteiger partial charge in [-0.3, -0.25) is 14.9 Å². The Balaban J connectivity index is 2.54. The summed E-state index contributed by atoms with van der Waals surface area (Å²) in [5.74, 6) is -0.646. The van der Waals surface area contributed by atoms with Crippen LogP contribution in [0, 0.1) is 11.3 Å². The van der Waals surface area contributed by atoms with Crippen LogP contribution in [-0.4, -0.2) is 11.8 Å². The number of nitrogens with one attached hydrogen (secondary N) is 1. The number of rotatable bonds is 2. The predicted octanol–water partition coefficient (Wildman–Crippen LogP) is 3.13. The second-order valence-corrected chi connectivity index (χ2v) is 6.11. The van der Waals surface area contributed by atoms with E-state index in [1.807, 2.05) is 39.0 Å². The molecule has 0 saturated carbocycles. The Hall–Kier alpha value is -1.35. The topological polar surface area (TPSA) is 46.2 Å². The maximum absolute atomic E-state index is 12.3. The Morgan fingerprint density at radius 3 is 2.53 bits per heavy atom. The van der Waals surface area contributed by atoms with Crippen LogP contribution in [0.5, 0.6) is 0 Å². The molecule has 1 aliphatic rings. The first-order valence-electron chi connectivity index (χ1n) is 6.44. The van der Waals surface area contributed by atoms with Gasteiger partial charge in [-0.25, -0.2) is 0 Å². The molecule has 2 atom stereocenters. The highest BCUT2D eigenvalue weighted by atomic mass is 35.5. The van der Waals surface area contributed by atoms with Gasteiger partial charge in [-0.05, 0) is 23.0 Å². The minimum absolute atomic E-state index is 0.198. The van der Waals surface area contributed by atoms with E-state index in [0.29, 0.717) is 11.4 Å². The largest absolute Gasteiger partial charge is 0.296 e. The van der Waals surface area contributed by atoms with Crippen LogP contribution in [-0.2, 0) is 9.59 Å². The molecule has 0 aliphatic carbocycles. The van der Waals surface area contributed by atoms with Gasteiger partial charge in [0.15, 0.2) is 0 Å². The second-order valence-electron chi connectivity index (χ2n) is 5.70. The highest BCUT2D eigenvalue weighted by molar-refractivity contribution is 6.31. The zero-order valence-corrected chi connectivity index (χ0v) is 12.1. The number of piperidine rings is 1. The van der Waals surface area contributed by atoms with Crippen LogP contribution in [0.4, 0.5) is 0 Å². The molecular formula is C15H18ClNO2. The summed E-state index contributed by atoms with van der Waals surface area (Å²) in [4.78, 5) is 24.0. The lowest BCUT2D eigenvalue weighted by molar-refractivity contribution is -0.141. The number of hydrogen-bond acceptors (Lipinski definition) is 2. The van der Waals surface area contributed by atoms with E-state index in [1.54, 1.807) is 6.07 Å². The maximum Gasteiger partial charge on any atom is 0.234 e. The normalized spacial score (nSPS) is 27.5. The van der Waals surface area contributed by atoms with Crippen LogP contribution in [0.2, 0.25) is 5.02 Å². The van der Waals surface area contributed by atoms with Crippen LogP contribution >= 0.6 is 11.6 Å². The van der Waals surface area contributed by atoms with Crippen molar-refractivity contribution < 1.29 is 9.59 Å². The van der Waals surface area contributed by atoms with Crippen molar-refractivity contribution in [1.29, 1.82) is 0 Å². The van der Waals surface area contributed by atoms with Gasteiger partial charge in [0.2, 0.25) is 11.8 Å². The summed E-state index contributed by atoms with van der Waals surface area (Å²) < 4.78 is 0. The van der Waals surface area contributed by atoms with E-state index in [0.717, 1.165) is 5.56 Å². The van der Waals surface area contributed by atoms with E-state index in [2.05, 4.69) is 5.32 Å². The molecule has 2 rings (SSSR count). The lowest BCUT2D eigenvalue weighted by Crippen LogP contribution is -2.51. The van der Waals surface area contributed by atoms with E-state index >= 15 is 0 Å². The monoisotopic (exact) mass is 279 g/mol. The Morgan fingerprint density at radius 1 is 1.32 bits per heavy atom. The summed E-state index contributed by atoms with van der Waals surface area (Å²) in [5.41, 5.74) is 0.384. The van der Waals surface area contributed by atoms with E-state index in [9.17, 15) is 9.59 Å². The molecular weight excluding hydrogens is 262 g/mol. The summed E-state index contributed by atoms with van der Waals surface area (Å²) in [6, 6.07) is 7.35. The fourth-order valence-corrected chi connectivity index (χ4v) is 2.99. The van der Waals surface area contributed by atoms with Crippen LogP contribution in [0.25, 0.3) is 0 Å². The molecule has 1 aliphatic heterocycles.